The van der Waals surface area contributed by atoms with Crippen LogP contribution in [0.2, 0.25) is 0 Å². The van der Waals surface area contributed by atoms with Gasteiger partial charge in [0.1, 0.15) is 5.60 Å². The van der Waals surface area contributed by atoms with Gasteiger partial charge in [-0.15, -0.1) is 0 Å². The second-order valence-electron chi connectivity index (χ2n) is 4.80. The van der Waals surface area contributed by atoms with E-state index in [0.717, 1.165) is 6.07 Å². The van der Waals surface area contributed by atoms with Crippen LogP contribution in [-0.2, 0) is 10.9 Å². The molecular weight excluding hydrogens is 247 g/mol. The van der Waals surface area contributed by atoms with Crippen LogP contribution in [0.3, 0.4) is 0 Å². The average molecular weight is 261 g/mol. The number of nitrogens with two attached hydrogens (primary N) is 1. The van der Waals surface area contributed by atoms with Gasteiger partial charge in [0.25, 0.3) is 0 Å². The maximum absolute atomic E-state index is 12.6. The van der Waals surface area contributed by atoms with Gasteiger partial charge in [-0.25, -0.2) is 4.79 Å². The lowest BCUT2D eigenvalue weighted by atomic mass is 10.1. The molecule has 0 aromatic heterocycles. The Morgan fingerprint density at radius 2 is 1.78 bits per heavy atom. The molecule has 2 N–H and O–H groups in total. The summed E-state index contributed by atoms with van der Waals surface area (Å²) in [7, 11) is 0. The molecule has 0 aliphatic rings. The molecule has 0 aliphatic heterocycles. The van der Waals surface area contributed by atoms with Crippen LogP contribution in [0.1, 0.15) is 36.7 Å². The van der Waals surface area contributed by atoms with Crippen molar-refractivity contribution in [2.24, 2.45) is 0 Å². The number of anilines is 1. The summed E-state index contributed by atoms with van der Waals surface area (Å²) < 4.78 is 42.8. The molecule has 0 unspecified atom stereocenters. The third kappa shape index (κ3) is 3.65. The molecule has 0 aliphatic carbocycles. The van der Waals surface area contributed by atoms with Gasteiger partial charge in [-0.05, 0) is 39.0 Å². The van der Waals surface area contributed by atoms with Crippen LogP contribution in [0.25, 0.3) is 0 Å². The van der Waals surface area contributed by atoms with Gasteiger partial charge in [0.05, 0.1) is 11.1 Å². The number of hydrogen-bond acceptors (Lipinski definition) is 3. The number of carbonyl (C=O) groups is 1. The van der Waals surface area contributed by atoms with Gasteiger partial charge in [-0.3, -0.25) is 0 Å². The Morgan fingerprint density at radius 3 is 2.22 bits per heavy atom. The standard InChI is InChI=1S/C12H14F3NO2/c1-11(2,3)18-10(17)7-4-5-9(16)8(6-7)12(13,14)15/h4-6H,16H2,1-3H3. The van der Waals surface area contributed by atoms with Crippen LogP contribution in [0.15, 0.2) is 18.2 Å². The van der Waals surface area contributed by atoms with Crippen molar-refractivity contribution in [2.45, 2.75) is 32.5 Å². The van der Waals surface area contributed by atoms with Gasteiger partial charge < -0.3 is 10.5 Å². The van der Waals surface area contributed by atoms with E-state index in [-0.39, 0.29) is 5.56 Å². The Bertz CT molecular complexity index is 461. The van der Waals surface area contributed by atoms with Gasteiger partial charge in [0.15, 0.2) is 0 Å². The minimum absolute atomic E-state index is 0.175. The number of ether oxygens (including phenoxy) is 1. The van der Waals surface area contributed by atoms with E-state index in [1.54, 1.807) is 20.8 Å². The molecule has 0 bridgehead atoms. The van der Waals surface area contributed by atoms with Crippen LogP contribution >= 0.6 is 0 Å². The zero-order valence-corrected chi connectivity index (χ0v) is 10.3. The lowest BCUT2D eigenvalue weighted by Gasteiger charge is -2.20. The van der Waals surface area contributed by atoms with E-state index in [2.05, 4.69) is 0 Å². The van der Waals surface area contributed by atoms with Crippen LogP contribution in [-0.4, -0.2) is 11.6 Å². The van der Waals surface area contributed by atoms with Crippen molar-refractivity contribution in [3.05, 3.63) is 29.3 Å². The lowest BCUT2D eigenvalue weighted by Crippen LogP contribution is -2.24. The van der Waals surface area contributed by atoms with E-state index < -0.39 is 29.0 Å². The number of nitrogen functional groups attached to an aromatic ring is 1. The molecule has 0 radical (unpaired) electrons. The predicted octanol–water partition coefficient (Wildman–Crippen LogP) is 3.24. The Kier molecular flexibility index (Phi) is 3.59. The molecule has 18 heavy (non-hydrogen) atoms. The van der Waals surface area contributed by atoms with Crippen molar-refractivity contribution in [3.8, 4) is 0 Å². The van der Waals surface area contributed by atoms with Crippen molar-refractivity contribution >= 4 is 11.7 Å². The van der Waals surface area contributed by atoms with E-state index in [1.807, 2.05) is 0 Å². The van der Waals surface area contributed by atoms with Gasteiger partial charge in [0.2, 0.25) is 0 Å². The van der Waals surface area contributed by atoms with Crippen LogP contribution < -0.4 is 5.73 Å². The van der Waals surface area contributed by atoms with E-state index >= 15 is 0 Å². The highest BCUT2D eigenvalue weighted by molar-refractivity contribution is 5.90. The van der Waals surface area contributed by atoms with Crippen molar-refractivity contribution in [1.29, 1.82) is 0 Å². The van der Waals surface area contributed by atoms with Crippen molar-refractivity contribution in [2.75, 3.05) is 5.73 Å². The molecular formula is C12H14F3NO2. The maximum Gasteiger partial charge on any atom is 0.418 e. The summed E-state index contributed by atoms with van der Waals surface area (Å²) in [5, 5.41) is 0. The zero-order valence-electron chi connectivity index (χ0n) is 10.3. The fraction of sp³-hybridized carbons (Fsp3) is 0.417. The number of halogens is 3. The minimum Gasteiger partial charge on any atom is -0.456 e. The van der Waals surface area contributed by atoms with Gasteiger partial charge in [0, 0.05) is 5.69 Å². The van der Waals surface area contributed by atoms with Crippen molar-refractivity contribution < 1.29 is 22.7 Å². The highest BCUT2D eigenvalue weighted by Crippen LogP contribution is 2.34. The molecule has 0 heterocycles. The number of benzene rings is 1. The number of hydrogen-bond donors (Lipinski definition) is 1. The fourth-order valence-electron chi connectivity index (χ4n) is 1.27. The molecule has 1 aromatic rings. The molecule has 0 fully saturated rings. The Morgan fingerprint density at radius 1 is 1.22 bits per heavy atom. The molecule has 100 valence electrons. The van der Waals surface area contributed by atoms with E-state index in [9.17, 15) is 18.0 Å². The first-order valence-corrected chi connectivity index (χ1v) is 5.21. The number of carbonyl (C=O) groups excluding carboxylic acids is 1. The highest BCUT2D eigenvalue weighted by Gasteiger charge is 2.34. The number of rotatable bonds is 1. The highest BCUT2D eigenvalue weighted by atomic mass is 19.4. The third-order valence-electron chi connectivity index (χ3n) is 1.99. The van der Waals surface area contributed by atoms with Gasteiger partial charge in [-0.2, -0.15) is 13.2 Å². The molecule has 1 aromatic carbocycles. The van der Waals surface area contributed by atoms with E-state index in [0.29, 0.717) is 6.07 Å². The SMILES string of the molecule is CC(C)(C)OC(=O)c1ccc(N)c(C(F)(F)F)c1. The Hall–Kier alpha value is -1.72. The summed E-state index contributed by atoms with van der Waals surface area (Å²) in [6.45, 7) is 4.90. The molecule has 0 amide bonds. The molecule has 6 heteroatoms. The first kappa shape index (κ1) is 14.3. The van der Waals surface area contributed by atoms with Crippen LogP contribution in [0, 0.1) is 0 Å². The first-order chi connectivity index (χ1) is 8.00. The zero-order chi connectivity index (χ0) is 14.1. The third-order valence-corrected chi connectivity index (χ3v) is 1.99. The Balaban J connectivity index is 3.10. The lowest BCUT2D eigenvalue weighted by molar-refractivity contribution is -0.136. The maximum atomic E-state index is 12.6. The largest absolute Gasteiger partial charge is 0.456 e. The summed E-state index contributed by atoms with van der Waals surface area (Å²) in [6, 6.07) is 2.95. The van der Waals surface area contributed by atoms with E-state index in [1.165, 1.54) is 6.07 Å². The van der Waals surface area contributed by atoms with Crippen molar-refractivity contribution in [3.63, 3.8) is 0 Å². The minimum atomic E-state index is -4.60. The predicted molar refractivity (Wildman–Crippen MR) is 61.0 cm³/mol. The quantitative estimate of drug-likeness (QED) is 0.623. The molecule has 3 nitrogen and oxygen atoms in total. The van der Waals surface area contributed by atoms with Crippen LogP contribution in [0.4, 0.5) is 18.9 Å². The van der Waals surface area contributed by atoms with Gasteiger partial charge in [-0.1, -0.05) is 0 Å². The fourth-order valence-corrected chi connectivity index (χ4v) is 1.27. The van der Waals surface area contributed by atoms with Crippen LogP contribution in [0.5, 0.6) is 0 Å². The average Bonchev–Trinajstić information content (AvgIpc) is 2.13. The second-order valence-corrected chi connectivity index (χ2v) is 4.80. The second kappa shape index (κ2) is 4.51. The number of alkyl halides is 3. The molecule has 0 atom stereocenters. The smallest absolute Gasteiger partial charge is 0.418 e. The monoisotopic (exact) mass is 261 g/mol. The normalized spacial score (nSPS) is 12.3. The van der Waals surface area contributed by atoms with Gasteiger partial charge >= 0.3 is 12.1 Å². The van der Waals surface area contributed by atoms with E-state index in [4.69, 9.17) is 10.5 Å². The molecule has 1 rings (SSSR count). The molecule has 0 saturated carbocycles. The summed E-state index contributed by atoms with van der Waals surface area (Å²) in [6.07, 6.45) is -4.60. The first-order valence-electron chi connectivity index (χ1n) is 5.21. The topological polar surface area (TPSA) is 52.3 Å². The summed E-state index contributed by atoms with van der Waals surface area (Å²) in [5.41, 5.74) is 2.83. The van der Waals surface area contributed by atoms with Crippen molar-refractivity contribution in [1.82, 2.24) is 0 Å². The summed E-state index contributed by atoms with van der Waals surface area (Å²) >= 11 is 0. The molecule has 0 saturated heterocycles. The molecule has 0 spiro atoms. The Labute approximate surface area is 103 Å². The summed E-state index contributed by atoms with van der Waals surface area (Å²) in [5.74, 6) is -0.812. The number of esters is 1. The summed E-state index contributed by atoms with van der Waals surface area (Å²) in [4.78, 5) is 11.6.